The molecule has 2 rings (SSSR count). The van der Waals surface area contributed by atoms with Gasteiger partial charge in [0.1, 0.15) is 11.6 Å². The van der Waals surface area contributed by atoms with Crippen molar-refractivity contribution in [1.29, 1.82) is 0 Å². The summed E-state index contributed by atoms with van der Waals surface area (Å²) in [6, 6.07) is -0.708. The van der Waals surface area contributed by atoms with Crippen LogP contribution >= 0.6 is 0 Å². The second-order valence-electron chi connectivity index (χ2n) is 6.60. The number of ether oxygens (including phenoxy) is 1. The molecule has 0 spiro atoms. The fraction of sp³-hybridized carbons (Fsp3) is 0.857. The first-order chi connectivity index (χ1) is 8.79. The molecule has 2 atom stereocenters. The molecule has 5 heteroatoms. The van der Waals surface area contributed by atoms with Crippen LogP contribution in [0.15, 0.2) is 0 Å². The highest BCUT2D eigenvalue weighted by Crippen LogP contribution is 2.42. The first-order valence-corrected chi connectivity index (χ1v) is 7.02. The Morgan fingerprint density at radius 3 is 2.26 bits per heavy atom. The molecular formula is C14H23NO4. The topological polar surface area (TPSA) is 66.8 Å². The lowest BCUT2D eigenvalue weighted by Gasteiger charge is -2.35. The highest BCUT2D eigenvalue weighted by atomic mass is 16.6. The minimum absolute atomic E-state index is 0.0961. The van der Waals surface area contributed by atoms with Gasteiger partial charge in [-0.05, 0) is 39.0 Å². The Balaban J connectivity index is 2.07. The molecule has 2 aliphatic rings. The number of likely N-dealkylation sites (tertiary alicyclic amines) is 1. The number of nitrogens with zero attached hydrogens (tertiary/aromatic N) is 1. The fourth-order valence-electron chi connectivity index (χ4n) is 3.02. The van der Waals surface area contributed by atoms with E-state index in [1.54, 1.807) is 20.8 Å². The van der Waals surface area contributed by atoms with Crippen molar-refractivity contribution in [3.63, 3.8) is 0 Å². The average molecular weight is 269 g/mol. The highest BCUT2D eigenvalue weighted by molar-refractivity contribution is 5.81. The van der Waals surface area contributed by atoms with Crippen molar-refractivity contribution < 1.29 is 19.4 Å². The quantitative estimate of drug-likeness (QED) is 0.836. The van der Waals surface area contributed by atoms with E-state index < -0.39 is 23.7 Å². The third-order valence-electron chi connectivity index (χ3n) is 4.08. The summed E-state index contributed by atoms with van der Waals surface area (Å²) in [5, 5.41) is 9.42. The van der Waals surface area contributed by atoms with Crippen LogP contribution in [0, 0.1) is 11.8 Å². The van der Waals surface area contributed by atoms with E-state index in [0.717, 1.165) is 19.3 Å². The Labute approximate surface area is 113 Å². The monoisotopic (exact) mass is 269 g/mol. The Bertz CT molecular complexity index is 370. The third kappa shape index (κ3) is 3.01. The molecule has 1 heterocycles. The largest absolute Gasteiger partial charge is 0.480 e. The van der Waals surface area contributed by atoms with Crippen molar-refractivity contribution in [2.45, 2.75) is 58.1 Å². The van der Waals surface area contributed by atoms with Gasteiger partial charge in [-0.1, -0.05) is 19.3 Å². The lowest BCUT2D eigenvalue weighted by Crippen LogP contribution is -2.47. The van der Waals surface area contributed by atoms with Crippen LogP contribution in [0.1, 0.15) is 46.5 Å². The van der Waals surface area contributed by atoms with Crippen molar-refractivity contribution >= 4 is 12.1 Å². The van der Waals surface area contributed by atoms with Gasteiger partial charge in [0.15, 0.2) is 0 Å². The first kappa shape index (κ1) is 14.2. The second-order valence-corrected chi connectivity index (χ2v) is 6.60. The van der Waals surface area contributed by atoms with Crippen molar-refractivity contribution in [2.24, 2.45) is 11.8 Å². The molecule has 1 saturated heterocycles. The van der Waals surface area contributed by atoms with Crippen molar-refractivity contribution in [3.8, 4) is 0 Å². The van der Waals surface area contributed by atoms with Crippen LogP contribution in [0.4, 0.5) is 4.79 Å². The van der Waals surface area contributed by atoms with Crippen LogP contribution in [0.2, 0.25) is 0 Å². The molecule has 0 aromatic rings. The zero-order valence-corrected chi connectivity index (χ0v) is 11.9. The van der Waals surface area contributed by atoms with Crippen molar-refractivity contribution in [1.82, 2.24) is 4.90 Å². The number of aliphatic carboxylic acids is 1. The molecule has 19 heavy (non-hydrogen) atoms. The summed E-state index contributed by atoms with van der Waals surface area (Å²) in [5.74, 6) is -0.340. The van der Waals surface area contributed by atoms with E-state index in [1.165, 1.54) is 11.3 Å². The van der Waals surface area contributed by atoms with Crippen LogP contribution in [0.3, 0.4) is 0 Å². The van der Waals surface area contributed by atoms with E-state index in [0.29, 0.717) is 12.5 Å². The van der Waals surface area contributed by atoms with Gasteiger partial charge in [0.05, 0.1) is 0 Å². The van der Waals surface area contributed by atoms with Gasteiger partial charge in [0, 0.05) is 6.54 Å². The summed E-state index contributed by atoms with van der Waals surface area (Å²) in [6.45, 7) is 5.87. The lowest BCUT2D eigenvalue weighted by atomic mass is 9.73. The summed E-state index contributed by atoms with van der Waals surface area (Å²) in [7, 11) is 0. The predicted octanol–water partition coefficient (Wildman–Crippen LogP) is 2.50. The van der Waals surface area contributed by atoms with Gasteiger partial charge in [-0.25, -0.2) is 9.59 Å². The molecule has 1 aliphatic heterocycles. The molecule has 0 aromatic carbocycles. The Hall–Kier alpha value is -1.26. The predicted molar refractivity (Wildman–Crippen MR) is 69.8 cm³/mol. The number of hydrogen-bond donors (Lipinski definition) is 1. The number of amides is 1. The highest BCUT2D eigenvalue weighted by Gasteiger charge is 2.47. The number of carboxylic acid groups (broad SMARTS) is 1. The molecule has 1 saturated carbocycles. The maximum Gasteiger partial charge on any atom is 0.411 e. The van der Waals surface area contributed by atoms with Gasteiger partial charge >= 0.3 is 12.1 Å². The van der Waals surface area contributed by atoms with Crippen molar-refractivity contribution in [2.75, 3.05) is 6.54 Å². The first-order valence-electron chi connectivity index (χ1n) is 7.02. The van der Waals surface area contributed by atoms with E-state index in [2.05, 4.69) is 0 Å². The standard InChI is InChI=1S/C14H23NO4/c1-14(2,3)19-13(18)15-8-7-10(9-5-4-6-9)11(15)12(16)17/h9-11H,4-8H2,1-3H3,(H,16,17)/t10-,11?/m1/s1. The molecule has 1 aliphatic carbocycles. The molecule has 0 aromatic heterocycles. The minimum Gasteiger partial charge on any atom is -0.480 e. The molecular weight excluding hydrogens is 246 g/mol. The SMILES string of the molecule is CC(C)(C)OC(=O)N1CC[C@H](C2CCC2)C1C(=O)O. The summed E-state index contributed by atoms with van der Waals surface area (Å²) >= 11 is 0. The van der Waals surface area contributed by atoms with Crippen LogP contribution in [0.5, 0.6) is 0 Å². The lowest BCUT2D eigenvalue weighted by molar-refractivity contribution is -0.144. The van der Waals surface area contributed by atoms with Crippen LogP contribution in [0.25, 0.3) is 0 Å². The molecule has 1 N–H and O–H groups in total. The summed E-state index contributed by atoms with van der Waals surface area (Å²) in [4.78, 5) is 25.0. The minimum atomic E-state index is -0.903. The number of carboxylic acids is 1. The fourth-order valence-corrected chi connectivity index (χ4v) is 3.02. The molecule has 108 valence electrons. The summed E-state index contributed by atoms with van der Waals surface area (Å²) in [5.41, 5.74) is -0.589. The molecule has 2 fully saturated rings. The number of hydrogen-bond acceptors (Lipinski definition) is 3. The van der Waals surface area contributed by atoms with E-state index in [1.807, 2.05) is 0 Å². The average Bonchev–Trinajstić information content (AvgIpc) is 2.56. The smallest absolute Gasteiger partial charge is 0.411 e. The van der Waals surface area contributed by atoms with E-state index in [9.17, 15) is 14.7 Å². The van der Waals surface area contributed by atoms with Gasteiger partial charge in [-0.2, -0.15) is 0 Å². The molecule has 5 nitrogen and oxygen atoms in total. The maximum absolute atomic E-state index is 12.1. The van der Waals surface area contributed by atoms with E-state index >= 15 is 0 Å². The number of carbonyl (C=O) groups excluding carboxylic acids is 1. The molecule has 0 bridgehead atoms. The zero-order valence-electron chi connectivity index (χ0n) is 11.9. The normalized spacial score (nSPS) is 28.1. The van der Waals surface area contributed by atoms with E-state index in [4.69, 9.17) is 4.74 Å². The van der Waals surface area contributed by atoms with Crippen molar-refractivity contribution in [3.05, 3.63) is 0 Å². The van der Waals surface area contributed by atoms with E-state index in [-0.39, 0.29) is 5.92 Å². The van der Waals surface area contributed by atoms with Gasteiger partial charge in [0.2, 0.25) is 0 Å². The summed E-state index contributed by atoms with van der Waals surface area (Å²) < 4.78 is 5.31. The van der Waals surface area contributed by atoms with Gasteiger partial charge in [-0.15, -0.1) is 0 Å². The van der Waals surface area contributed by atoms with Gasteiger partial charge < -0.3 is 9.84 Å². The Kier molecular flexibility index (Phi) is 3.74. The van der Waals surface area contributed by atoms with Crippen LogP contribution in [-0.2, 0) is 9.53 Å². The maximum atomic E-state index is 12.1. The Morgan fingerprint density at radius 1 is 1.21 bits per heavy atom. The Morgan fingerprint density at radius 2 is 1.84 bits per heavy atom. The van der Waals surface area contributed by atoms with Gasteiger partial charge in [-0.3, -0.25) is 4.90 Å². The van der Waals surface area contributed by atoms with Crippen LogP contribution < -0.4 is 0 Å². The molecule has 0 radical (unpaired) electrons. The van der Waals surface area contributed by atoms with Crippen LogP contribution in [-0.4, -0.2) is 40.3 Å². The molecule has 1 unspecified atom stereocenters. The second kappa shape index (κ2) is 5.02. The third-order valence-corrected chi connectivity index (χ3v) is 4.08. The van der Waals surface area contributed by atoms with Gasteiger partial charge in [0.25, 0.3) is 0 Å². The summed E-state index contributed by atoms with van der Waals surface area (Å²) in [6.07, 6.45) is 3.65. The number of carbonyl (C=O) groups is 2. The zero-order chi connectivity index (χ0) is 14.2. The number of rotatable bonds is 2. The molecule has 1 amide bonds.